The number of para-hydroxylation sites is 1. The highest BCUT2D eigenvalue weighted by Crippen LogP contribution is 2.35. The quantitative estimate of drug-likeness (QED) is 0.855. The number of nitrogens with zero attached hydrogens (tertiary/aromatic N) is 3. The summed E-state index contributed by atoms with van der Waals surface area (Å²) >= 11 is 0. The van der Waals surface area contributed by atoms with Crippen molar-refractivity contribution in [3.8, 4) is 5.75 Å². The number of aromatic nitrogens is 2. The molecule has 0 N–H and O–H groups in total. The Balaban J connectivity index is 1.52. The summed E-state index contributed by atoms with van der Waals surface area (Å²) in [6, 6.07) is 8.17. The summed E-state index contributed by atoms with van der Waals surface area (Å²) in [4.78, 5) is 15.0. The number of carbonyl (C=O) groups is 1. The summed E-state index contributed by atoms with van der Waals surface area (Å²) < 4.78 is 7.60. The van der Waals surface area contributed by atoms with Gasteiger partial charge in [0.1, 0.15) is 12.4 Å². The van der Waals surface area contributed by atoms with Crippen LogP contribution in [0.15, 0.2) is 36.7 Å². The monoisotopic (exact) mass is 311 g/mol. The third-order valence-electron chi connectivity index (χ3n) is 4.87. The molecule has 2 aliphatic heterocycles. The van der Waals surface area contributed by atoms with Crippen molar-refractivity contribution in [1.29, 1.82) is 0 Å². The number of rotatable bonds is 2. The number of amides is 1. The molecule has 1 amide bonds. The van der Waals surface area contributed by atoms with Crippen LogP contribution in [0.2, 0.25) is 0 Å². The molecule has 0 radical (unpaired) electrons. The van der Waals surface area contributed by atoms with Crippen LogP contribution in [0.1, 0.15) is 30.0 Å². The second kappa shape index (κ2) is 5.72. The van der Waals surface area contributed by atoms with E-state index in [-0.39, 0.29) is 17.9 Å². The van der Waals surface area contributed by atoms with Crippen molar-refractivity contribution < 1.29 is 9.53 Å². The molecular weight excluding hydrogens is 290 g/mol. The Morgan fingerprint density at radius 1 is 1.35 bits per heavy atom. The minimum atomic E-state index is -0.0813. The van der Waals surface area contributed by atoms with Crippen molar-refractivity contribution in [2.24, 2.45) is 13.0 Å². The lowest BCUT2D eigenvalue weighted by molar-refractivity contribution is -0.137. The van der Waals surface area contributed by atoms with Gasteiger partial charge in [0.25, 0.3) is 0 Å². The number of carbonyl (C=O) groups excluding carboxylic acids is 1. The molecule has 4 rings (SSSR count). The predicted molar refractivity (Wildman–Crippen MR) is 86.0 cm³/mol. The van der Waals surface area contributed by atoms with Gasteiger partial charge in [0, 0.05) is 25.4 Å². The van der Waals surface area contributed by atoms with Crippen LogP contribution >= 0.6 is 0 Å². The Labute approximate surface area is 135 Å². The molecule has 1 aromatic carbocycles. The number of fused-ring (bicyclic) bond motifs is 1. The van der Waals surface area contributed by atoms with Crippen LogP contribution in [0, 0.1) is 5.92 Å². The lowest BCUT2D eigenvalue weighted by atomic mass is 9.95. The average molecular weight is 311 g/mol. The molecular formula is C18H21N3O2. The first-order chi connectivity index (χ1) is 11.2. The van der Waals surface area contributed by atoms with Crippen LogP contribution < -0.4 is 4.74 Å². The standard InChI is InChI=1S/C18H21N3O2/c1-20-11-15(10-19-20)16-6-4-8-21(16)18(22)14-9-13-5-2-3-7-17(13)23-12-14/h2-3,5,7,10-11,14,16H,4,6,8-9,12H2,1H3/t14-,16+/m1/s1. The Kier molecular flexibility index (Phi) is 3.56. The highest BCUT2D eigenvalue weighted by atomic mass is 16.5. The van der Waals surface area contributed by atoms with Gasteiger partial charge in [0.05, 0.1) is 18.2 Å². The van der Waals surface area contributed by atoms with Gasteiger partial charge in [-0.05, 0) is 30.9 Å². The maximum absolute atomic E-state index is 13.0. The highest BCUT2D eigenvalue weighted by Gasteiger charge is 2.36. The fourth-order valence-electron chi connectivity index (χ4n) is 3.71. The molecule has 0 spiro atoms. The highest BCUT2D eigenvalue weighted by molar-refractivity contribution is 5.80. The summed E-state index contributed by atoms with van der Waals surface area (Å²) in [5.74, 6) is 1.05. The lowest BCUT2D eigenvalue weighted by Crippen LogP contribution is -2.40. The first-order valence-corrected chi connectivity index (χ1v) is 8.22. The average Bonchev–Trinajstić information content (AvgIpc) is 3.22. The Morgan fingerprint density at radius 3 is 3.04 bits per heavy atom. The van der Waals surface area contributed by atoms with Gasteiger partial charge in [0.15, 0.2) is 0 Å². The smallest absolute Gasteiger partial charge is 0.229 e. The van der Waals surface area contributed by atoms with Crippen LogP contribution in [-0.2, 0) is 18.3 Å². The summed E-state index contributed by atoms with van der Waals surface area (Å²) in [7, 11) is 1.91. The Bertz CT molecular complexity index is 725. The fourth-order valence-corrected chi connectivity index (χ4v) is 3.71. The topological polar surface area (TPSA) is 47.4 Å². The van der Waals surface area contributed by atoms with E-state index in [2.05, 4.69) is 11.2 Å². The lowest BCUT2D eigenvalue weighted by Gasteiger charge is -2.31. The molecule has 0 bridgehead atoms. The van der Waals surface area contributed by atoms with Crippen molar-refractivity contribution >= 4 is 5.91 Å². The van der Waals surface area contributed by atoms with E-state index in [0.29, 0.717) is 6.61 Å². The van der Waals surface area contributed by atoms with E-state index in [4.69, 9.17) is 4.74 Å². The van der Waals surface area contributed by atoms with Crippen LogP contribution in [0.4, 0.5) is 0 Å². The molecule has 23 heavy (non-hydrogen) atoms. The zero-order valence-electron chi connectivity index (χ0n) is 13.3. The van der Waals surface area contributed by atoms with Gasteiger partial charge in [-0.15, -0.1) is 0 Å². The third kappa shape index (κ3) is 2.60. The van der Waals surface area contributed by atoms with Crippen LogP contribution in [-0.4, -0.2) is 33.7 Å². The molecule has 1 aromatic heterocycles. The number of hydrogen-bond acceptors (Lipinski definition) is 3. The van der Waals surface area contributed by atoms with Crippen molar-refractivity contribution in [3.05, 3.63) is 47.8 Å². The summed E-state index contributed by atoms with van der Waals surface area (Å²) in [5.41, 5.74) is 2.27. The maximum Gasteiger partial charge on any atom is 0.229 e. The van der Waals surface area contributed by atoms with Gasteiger partial charge >= 0.3 is 0 Å². The van der Waals surface area contributed by atoms with Crippen molar-refractivity contribution in [3.63, 3.8) is 0 Å². The molecule has 2 atom stereocenters. The fraction of sp³-hybridized carbons (Fsp3) is 0.444. The number of likely N-dealkylation sites (tertiary alicyclic amines) is 1. The summed E-state index contributed by atoms with van der Waals surface area (Å²) in [6.45, 7) is 1.31. The molecule has 0 saturated carbocycles. The minimum absolute atomic E-state index is 0.0813. The number of aryl methyl sites for hydroxylation is 1. The van der Waals surface area contributed by atoms with E-state index in [9.17, 15) is 4.79 Å². The Hall–Kier alpha value is -2.30. The van der Waals surface area contributed by atoms with Crippen molar-refractivity contribution in [2.75, 3.05) is 13.2 Å². The van der Waals surface area contributed by atoms with Gasteiger partial charge in [-0.2, -0.15) is 5.10 Å². The molecule has 2 aromatic rings. The molecule has 1 saturated heterocycles. The molecule has 0 aliphatic carbocycles. The van der Waals surface area contributed by atoms with Crippen molar-refractivity contribution in [2.45, 2.75) is 25.3 Å². The van der Waals surface area contributed by atoms with Crippen LogP contribution in [0.5, 0.6) is 5.75 Å². The van der Waals surface area contributed by atoms with E-state index in [1.54, 1.807) is 4.68 Å². The molecule has 5 nitrogen and oxygen atoms in total. The molecule has 3 heterocycles. The van der Waals surface area contributed by atoms with E-state index in [0.717, 1.165) is 42.7 Å². The van der Waals surface area contributed by atoms with Gasteiger partial charge in [0.2, 0.25) is 5.91 Å². The SMILES string of the molecule is Cn1cc([C@@H]2CCCN2C(=O)[C@H]2COc3ccccc3C2)cn1. The predicted octanol–water partition coefficient (Wildman–Crippen LogP) is 2.33. The second-order valence-corrected chi connectivity index (χ2v) is 6.46. The first kappa shape index (κ1) is 14.3. The second-order valence-electron chi connectivity index (χ2n) is 6.46. The van der Waals surface area contributed by atoms with Gasteiger partial charge in [-0.3, -0.25) is 9.48 Å². The normalized spacial score (nSPS) is 23.4. The van der Waals surface area contributed by atoms with Gasteiger partial charge in [-0.25, -0.2) is 0 Å². The molecule has 2 aliphatic rings. The minimum Gasteiger partial charge on any atom is -0.492 e. The van der Waals surface area contributed by atoms with E-state index in [1.807, 2.05) is 42.5 Å². The number of hydrogen-bond donors (Lipinski definition) is 0. The number of ether oxygens (including phenoxy) is 1. The van der Waals surface area contributed by atoms with Crippen LogP contribution in [0.3, 0.4) is 0 Å². The molecule has 120 valence electrons. The molecule has 1 fully saturated rings. The molecule has 5 heteroatoms. The van der Waals surface area contributed by atoms with Crippen LogP contribution in [0.25, 0.3) is 0 Å². The van der Waals surface area contributed by atoms with Gasteiger partial charge < -0.3 is 9.64 Å². The zero-order chi connectivity index (χ0) is 15.8. The largest absolute Gasteiger partial charge is 0.492 e. The molecule has 0 unspecified atom stereocenters. The van der Waals surface area contributed by atoms with Gasteiger partial charge in [-0.1, -0.05) is 18.2 Å². The summed E-state index contributed by atoms with van der Waals surface area (Å²) in [6.07, 6.45) is 6.73. The van der Waals surface area contributed by atoms with Crippen molar-refractivity contribution in [1.82, 2.24) is 14.7 Å². The summed E-state index contributed by atoms with van der Waals surface area (Å²) in [5, 5.41) is 4.25. The Morgan fingerprint density at radius 2 is 2.22 bits per heavy atom. The maximum atomic E-state index is 13.0. The van der Waals surface area contributed by atoms with E-state index >= 15 is 0 Å². The van der Waals surface area contributed by atoms with E-state index in [1.165, 1.54) is 0 Å². The third-order valence-corrected chi connectivity index (χ3v) is 4.87. The number of benzene rings is 1. The first-order valence-electron chi connectivity index (χ1n) is 8.22. The van der Waals surface area contributed by atoms with E-state index < -0.39 is 0 Å². The zero-order valence-corrected chi connectivity index (χ0v) is 13.3.